The average Bonchev–Trinajstić information content (AvgIpc) is 2.03. The van der Waals surface area contributed by atoms with Gasteiger partial charge in [0.25, 0.3) is 0 Å². The molecule has 0 aromatic carbocycles. The molecule has 0 heterocycles. The second-order valence-corrected chi connectivity index (χ2v) is 3.26. The zero-order valence-electron chi connectivity index (χ0n) is 7.34. The van der Waals surface area contributed by atoms with Crippen LogP contribution in [0.2, 0.25) is 0 Å². The molecule has 11 heavy (non-hydrogen) atoms. The van der Waals surface area contributed by atoms with E-state index < -0.39 is 8.69 Å². The van der Waals surface area contributed by atoms with Gasteiger partial charge in [-0.25, -0.2) is 0 Å². The van der Waals surface area contributed by atoms with E-state index in [-0.39, 0.29) is 0 Å². The molecular weight excluding hydrogens is 159 g/mol. The molecule has 0 saturated carbocycles. The van der Waals surface area contributed by atoms with Crippen molar-refractivity contribution in [3.8, 4) is 0 Å². The van der Waals surface area contributed by atoms with Gasteiger partial charge in [-0.15, -0.1) is 0 Å². The van der Waals surface area contributed by atoms with Crippen LogP contribution in [0.1, 0.15) is 45.4 Å². The predicted molar refractivity (Wildman–Crippen MR) is 49.7 cm³/mol. The summed E-state index contributed by atoms with van der Waals surface area (Å²) in [5.74, 6) is 0. The molecule has 0 bridgehead atoms. The highest BCUT2D eigenvalue weighted by Crippen LogP contribution is 2.06. The molecular formula is C8H19O2P. The van der Waals surface area contributed by atoms with Crippen molar-refractivity contribution in [1.82, 2.24) is 0 Å². The second-order valence-electron chi connectivity index (χ2n) is 2.73. The van der Waals surface area contributed by atoms with Gasteiger partial charge in [0.15, 0.2) is 8.69 Å². The lowest BCUT2D eigenvalue weighted by atomic mass is 10.1. The molecule has 0 N–H and O–H groups in total. The van der Waals surface area contributed by atoms with E-state index in [1.54, 1.807) is 0 Å². The summed E-state index contributed by atoms with van der Waals surface area (Å²) in [7, 11) is -0.980. The van der Waals surface area contributed by atoms with Crippen LogP contribution in [0.4, 0.5) is 0 Å². The first kappa shape index (κ1) is 11.2. The van der Waals surface area contributed by atoms with E-state index in [1.165, 1.54) is 32.1 Å². The summed E-state index contributed by atoms with van der Waals surface area (Å²) in [6.07, 6.45) is 7.55. The van der Waals surface area contributed by atoms with Crippen LogP contribution in [0, 0.1) is 0 Å². The van der Waals surface area contributed by atoms with E-state index in [4.69, 9.17) is 4.52 Å². The standard InChI is InChI=1S/C8H19O2P/c1-2-3-4-5-6-7-8-10-11-9/h2-8,11H2,1H3. The van der Waals surface area contributed by atoms with Gasteiger partial charge in [0, 0.05) is 0 Å². The third-order valence-electron chi connectivity index (χ3n) is 1.68. The Balaban J connectivity index is 2.74. The highest BCUT2D eigenvalue weighted by atomic mass is 31.1. The summed E-state index contributed by atoms with van der Waals surface area (Å²) in [5.41, 5.74) is 0. The van der Waals surface area contributed by atoms with Crippen LogP contribution in [0.3, 0.4) is 0 Å². The smallest absolute Gasteiger partial charge is 0.179 e. The van der Waals surface area contributed by atoms with Crippen LogP contribution in [0.5, 0.6) is 0 Å². The van der Waals surface area contributed by atoms with Crippen LogP contribution in [-0.2, 0) is 9.09 Å². The van der Waals surface area contributed by atoms with Crippen molar-refractivity contribution < 1.29 is 9.09 Å². The molecule has 0 radical (unpaired) electrons. The molecule has 68 valence electrons. The fourth-order valence-electron chi connectivity index (χ4n) is 1.01. The number of hydrogen-bond acceptors (Lipinski definition) is 2. The third-order valence-corrected chi connectivity index (χ3v) is 2.06. The van der Waals surface area contributed by atoms with E-state index in [0.717, 1.165) is 6.42 Å². The van der Waals surface area contributed by atoms with E-state index in [9.17, 15) is 4.57 Å². The summed E-state index contributed by atoms with van der Waals surface area (Å²) in [4.78, 5) is 0. The summed E-state index contributed by atoms with van der Waals surface area (Å²) >= 11 is 0. The Kier molecular flexibility index (Phi) is 10.4. The van der Waals surface area contributed by atoms with Crippen LogP contribution in [0.25, 0.3) is 0 Å². The monoisotopic (exact) mass is 178 g/mol. The van der Waals surface area contributed by atoms with Gasteiger partial charge in [0.05, 0.1) is 6.61 Å². The first-order chi connectivity index (χ1) is 5.41. The SMILES string of the molecule is CCCCCCCCO[PH2]=O. The van der Waals surface area contributed by atoms with Gasteiger partial charge in [-0.05, 0) is 6.42 Å². The Morgan fingerprint density at radius 2 is 1.73 bits per heavy atom. The minimum Gasteiger partial charge on any atom is -0.332 e. The highest BCUT2D eigenvalue weighted by molar-refractivity contribution is 7.17. The molecule has 0 aliphatic rings. The minimum atomic E-state index is -0.980. The molecule has 0 amide bonds. The van der Waals surface area contributed by atoms with E-state index in [0.29, 0.717) is 6.61 Å². The molecule has 1 atom stereocenters. The maximum Gasteiger partial charge on any atom is 0.179 e. The Morgan fingerprint density at radius 1 is 1.09 bits per heavy atom. The first-order valence-electron chi connectivity index (χ1n) is 4.47. The fourth-order valence-corrected chi connectivity index (χ4v) is 1.28. The van der Waals surface area contributed by atoms with Crippen molar-refractivity contribution in [2.24, 2.45) is 0 Å². The number of hydrogen-bond donors (Lipinski definition) is 0. The fraction of sp³-hybridized carbons (Fsp3) is 1.00. The van der Waals surface area contributed by atoms with Gasteiger partial charge < -0.3 is 4.52 Å². The summed E-state index contributed by atoms with van der Waals surface area (Å²) in [6.45, 7) is 2.90. The average molecular weight is 178 g/mol. The largest absolute Gasteiger partial charge is 0.332 e. The van der Waals surface area contributed by atoms with Crippen LogP contribution in [0.15, 0.2) is 0 Å². The Morgan fingerprint density at radius 3 is 2.36 bits per heavy atom. The summed E-state index contributed by atoms with van der Waals surface area (Å²) in [5, 5.41) is 0. The third kappa shape index (κ3) is 10.2. The molecule has 0 rings (SSSR count). The lowest BCUT2D eigenvalue weighted by molar-refractivity contribution is 0.328. The number of unbranched alkanes of at least 4 members (excludes halogenated alkanes) is 5. The molecule has 3 heteroatoms. The Labute approximate surface area is 70.6 Å². The molecule has 0 aromatic heterocycles. The van der Waals surface area contributed by atoms with Gasteiger partial charge in [-0.1, -0.05) is 39.0 Å². The van der Waals surface area contributed by atoms with Crippen molar-refractivity contribution in [2.75, 3.05) is 6.61 Å². The van der Waals surface area contributed by atoms with E-state index >= 15 is 0 Å². The van der Waals surface area contributed by atoms with Crippen LogP contribution >= 0.6 is 8.69 Å². The van der Waals surface area contributed by atoms with E-state index in [1.807, 2.05) is 0 Å². The maximum atomic E-state index is 9.93. The van der Waals surface area contributed by atoms with Crippen molar-refractivity contribution in [3.63, 3.8) is 0 Å². The summed E-state index contributed by atoms with van der Waals surface area (Å²) < 4.78 is 14.7. The zero-order valence-corrected chi connectivity index (χ0v) is 8.50. The zero-order chi connectivity index (χ0) is 8.36. The quantitative estimate of drug-likeness (QED) is 0.422. The summed E-state index contributed by atoms with van der Waals surface area (Å²) in [6, 6.07) is 0. The molecule has 1 unspecified atom stereocenters. The molecule has 2 nitrogen and oxygen atoms in total. The maximum absolute atomic E-state index is 9.93. The van der Waals surface area contributed by atoms with Crippen molar-refractivity contribution in [2.45, 2.75) is 45.4 Å². The van der Waals surface area contributed by atoms with Crippen LogP contribution < -0.4 is 0 Å². The van der Waals surface area contributed by atoms with Gasteiger partial charge >= 0.3 is 0 Å². The Hall–Kier alpha value is 0.190. The van der Waals surface area contributed by atoms with Gasteiger partial charge in [0.1, 0.15) is 0 Å². The van der Waals surface area contributed by atoms with Crippen LogP contribution in [-0.4, -0.2) is 6.61 Å². The number of rotatable bonds is 8. The van der Waals surface area contributed by atoms with Gasteiger partial charge in [-0.2, -0.15) is 0 Å². The van der Waals surface area contributed by atoms with Crippen molar-refractivity contribution >= 4 is 8.69 Å². The van der Waals surface area contributed by atoms with Crippen molar-refractivity contribution in [1.29, 1.82) is 0 Å². The first-order valence-corrected chi connectivity index (χ1v) is 5.41. The molecule has 0 fully saturated rings. The Bertz CT molecular complexity index is 86.2. The molecule has 0 aliphatic heterocycles. The topological polar surface area (TPSA) is 26.3 Å². The minimum absolute atomic E-state index is 0.685. The van der Waals surface area contributed by atoms with E-state index in [2.05, 4.69) is 6.92 Å². The lowest BCUT2D eigenvalue weighted by Crippen LogP contribution is -1.84. The normalized spacial score (nSPS) is 11.4. The molecule has 0 aromatic rings. The molecule has 0 spiro atoms. The second kappa shape index (κ2) is 10.2. The lowest BCUT2D eigenvalue weighted by Gasteiger charge is -1.98. The van der Waals surface area contributed by atoms with Gasteiger partial charge in [0.2, 0.25) is 0 Å². The molecule has 0 saturated heterocycles. The highest BCUT2D eigenvalue weighted by Gasteiger charge is 1.88. The van der Waals surface area contributed by atoms with Gasteiger partial charge in [-0.3, -0.25) is 4.57 Å². The predicted octanol–water partition coefficient (Wildman–Crippen LogP) is 3.03. The van der Waals surface area contributed by atoms with Crippen molar-refractivity contribution in [3.05, 3.63) is 0 Å². The molecule has 0 aliphatic carbocycles.